The molecule has 2 aromatic rings. The normalized spacial score (nSPS) is 10.2. The van der Waals surface area contributed by atoms with Gasteiger partial charge in [-0.1, -0.05) is 54.6 Å². The van der Waals surface area contributed by atoms with E-state index >= 15 is 0 Å². The molecule has 20 heavy (non-hydrogen) atoms. The van der Waals surface area contributed by atoms with Crippen LogP contribution >= 0.6 is 0 Å². The van der Waals surface area contributed by atoms with Crippen LogP contribution in [0, 0.1) is 0 Å². The minimum Gasteiger partial charge on any atom is -0.294 e. The van der Waals surface area contributed by atoms with Crippen molar-refractivity contribution in [2.24, 2.45) is 5.84 Å². The molecule has 0 saturated heterocycles. The number of amides is 1. The molecule has 104 valence electrons. The largest absolute Gasteiger partial charge is 0.294 e. The Labute approximate surface area is 119 Å². The molecule has 3 N–H and O–H groups in total. The second-order valence-corrected chi connectivity index (χ2v) is 4.84. The molecule has 0 saturated carbocycles. The number of unbranched alkanes of at least 4 members (excludes halogenated alkanes) is 1. The van der Waals surface area contributed by atoms with E-state index in [2.05, 4.69) is 41.8 Å². The fourth-order valence-corrected chi connectivity index (χ4v) is 2.18. The topological polar surface area (TPSA) is 55.1 Å². The second kappa shape index (κ2) is 7.46. The highest BCUT2D eigenvalue weighted by molar-refractivity contribution is 5.75. The molecule has 0 aliphatic rings. The fraction of sp³-hybridized carbons (Fsp3) is 0.235. The van der Waals surface area contributed by atoms with Crippen molar-refractivity contribution in [2.75, 3.05) is 0 Å². The third-order valence-electron chi connectivity index (χ3n) is 3.34. The number of carbonyl (C=O) groups excluding carboxylic acids is 1. The number of carbonyl (C=O) groups is 1. The molecule has 0 spiro atoms. The van der Waals surface area contributed by atoms with Crippen LogP contribution < -0.4 is 11.3 Å². The maximum Gasteiger partial charge on any atom is 0.233 e. The Bertz CT molecular complexity index is 535. The Morgan fingerprint density at radius 1 is 0.900 bits per heavy atom. The zero-order valence-electron chi connectivity index (χ0n) is 11.5. The van der Waals surface area contributed by atoms with Crippen molar-refractivity contribution < 1.29 is 4.79 Å². The molecule has 3 heteroatoms. The third-order valence-corrected chi connectivity index (χ3v) is 3.34. The number of nitrogens with one attached hydrogen (secondary N) is 1. The lowest BCUT2D eigenvalue weighted by molar-refractivity contribution is -0.121. The van der Waals surface area contributed by atoms with Crippen molar-refractivity contribution in [2.45, 2.75) is 25.7 Å². The molecule has 0 bridgehead atoms. The van der Waals surface area contributed by atoms with E-state index in [0.29, 0.717) is 6.42 Å². The first-order valence-electron chi connectivity index (χ1n) is 6.93. The maximum absolute atomic E-state index is 11.0. The van der Waals surface area contributed by atoms with E-state index in [1.807, 2.05) is 18.2 Å². The molecule has 2 rings (SSSR count). The molecule has 2 aromatic carbocycles. The molecule has 0 aliphatic heterocycles. The van der Waals surface area contributed by atoms with Crippen molar-refractivity contribution in [1.29, 1.82) is 0 Å². The van der Waals surface area contributed by atoms with Crippen molar-refractivity contribution in [3.63, 3.8) is 0 Å². The van der Waals surface area contributed by atoms with E-state index in [0.717, 1.165) is 19.3 Å². The molecule has 0 aromatic heterocycles. The van der Waals surface area contributed by atoms with E-state index in [-0.39, 0.29) is 5.91 Å². The Morgan fingerprint density at radius 3 is 2.20 bits per heavy atom. The SMILES string of the molecule is NNC(=O)CCCCc1ccc(-c2ccccc2)cc1. The average molecular weight is 268 g/mol. The van der Waals surface area contributed by atoms with Gasteiger partial charge in [-0.25, -0.2) is 5.84 Å². The lowest BCUT2D eigenvalue weighted by Crippen LogP contribution is -2.29. The van der Waals surface area contributed by atoms with Gasteiger partial charge in [-0.15, -0.1) is 0 Å². The summed E-state index contributed by atoms with van der Waals surface area (Å²) >= 11 is 0. The van der Waals surface area contributed by atoms with Crippen molar-refractivity contribution in [1.82, 2.24) is 5.43 Å². The molecule has 0 unspecified atom stereocenters. The number of hydrazine groups is 1. The summed E-state index contributed by atoms with van der Waals surface area (Å²) in [6.45, 7) is 0. The van der Waals surface area contributed by atoms with Crippen LogP contribution in [0.15, 0.2) is 54.6 Å². The molecule has 0 heterocycles. The Kier molecular flexibility index (Phi) is 5.33. The quantitative estimate of drug-likeness (QED) is 0.366. The fourth-order valence-electron chi connectivity index (χ4n) is 2.18. The summed E-state index contributed by atoms with van der Waals surface area (Å²) in [5.41, 5.74) is 5.92. The van der Waals surface area contributed by atoms with Gasteiger partial charge >= 0.3 is 0 Å². The van der Waals surface area contributed by atoms with Gasteiger partial charge in [0.1, 0.15) is 0 Å². The molecule has 0 radical (unpaired) electrons. The molecular weight excluding hydrogens is 248 g/mol. The Balaban J connectivity index is 1.85. The van der Waals surface area contributed by atoms with Gasteiger partial charge in [0.25, 0.3) is 0 Å². The van der Waals surface area contributed by atoms with Crippen LogP contribution in [0.2, 0.25) is 0 Å². The molecule has 0 fully saturated rings. The molecule has 1 amide bonds. The van der Waals surface area contributed by atoms with E-state index in [4.69, 9.17) is 5.84 Å². The standard InChI is InChI=1S/C17H20N2O/c18-19-17(20)9-5-4-6-14-10-12-16(13-11-14)15-7-2-1-3-8-15/h1-3,7-8,10-13H,4-6,9,18H2,(H,19,20). The molecule has 0 aliphatic carbocycles. The highest BCUT2D eigenvalue weighted by Crippen LogP contribution is 2.19. The van der Waals surface area contributed by atoms with E-state index in [1.165, 1.54) is 16.7 Å². The zero-order chi connectivity index (χ0) is 14.2. The molecule has 3 nitrogen and oxygen atoms in total. The smallest absolute Gasteiger partial charge is 0.233 e. The highest BCUT2D eigenvalue weighted by Gasteiger charge is 2.00. The first-order chi connectivity index (χ1) is 9.79. The van der Waals surface area contributed by atoms with Gasteiger partial charge in [0.05, 0.1) is 0 Å². The minimum atomic E-state index is -0.0931. The predicted octanol–water partition coefficient (Wildman–Crippen LogP) is 3.06. The van der Waals surface area contributed by atoms with E-state index in [9.17, 15) is 4.79 Å². The van der Waals surface area contributed by atoms with E-state index < -0.39 is 0 Å². The van der Waals surface area contributed by atoms with Gasteiger partial charge in [-0.3, -0.25) is 10.2 Å². The number of hydrogen-bond donors (Lipinski definition) is 2. The summed E-state index contributed by atoms with van der Waals surface area (Å²) in [6, 6.07) is 19.0. The summed E-state index contributed by atoms with van der Waals surface area (Å²) < 4.78 is 0. The van der Waals surface area contributed by atoms with Gasteiger partial charge < -0.3 is 0 Å². The Morgan fingerprint density at radius 2 is 1.55 bits per heavy atom. The predicted molar refractivity (Wildman–Crippen MR) is 81.8 cm³/mol. The number of hydrogen-bond acceptors (Lipinski definition) is 2. The van der Waals surface area contributed by atoms with Crippen LogP contribution in [0.3, 0.4) is 0 Å². The van der Waals surface area contributed by atoms with Crippen molar-refractivity contribution in [3.8, 4) is 11.1 Å². The lowest BCUT2D eigenvalue weighted by atomic mass is 10.0. The molecule has 0 atom stereocenters. The van der Waals surface area contributed by atoms with Crippen LogP contribution in [0.5, 0.6) is 0 Å². The van der Waals surface area contributed by atoms with Gasteiger partial charge in [-0.05, 0) is 36.0 Å². The highest BCUT2D eigenvalue weighted by atomic mass is 16.2. The molecular formula is C17H20N2O. The van der Waals surface area contributed by atoms with Crippen LogP contribution in [0.4, 0.5) is 0 Å². The number of rotatable bonds is 6. The summed E-state index contributed by atoms with van der Waals surface area (Å²) in [5, 5.41) is 0. The van der Waals surface area contributed by atoms with Gasteiger partial charge in [0.15, 0.2) is 0 Å². The van der Waals surface area contributed by atoms with Gasteiger partial charge in [0.2, 0.25) is 5.91 Å². The summed E-state index contributed by atoms with van der Waals surface area (Å²) in [5.74, 6) is 4.94. The summed E-state index contributed by atoms with van der Waals surface area (Å²) in [7, 11) is 0. The van der Waals surface area contributed by atoms with Crippen molar-refractivity contribution >= 4 is 5.91 Å². The van der Waals surface area contributed by atoms with E-state index in [1.54, 1.807) is 0 Å². The number of nitrogens with two attached hydrogens (primary N) is 1. The van der Waals surface area contributed by atoms with Crippen molar-refractivity contribution in [3.05, 3.63) is 60.2 Å². The zero-order valence-corrected chi connectivity index (χ0v) is 11.5. The number of benzene rings is 2. The maximum atomic E-state index is 11.0. The first kappa shape index (κ1) is 14.3. The van der Waals surface area contributed by atoms with Gasteiger partial charge in [0, 0.05) is 6.42 Å². The number of aryl methyl sites for hydroxylation is 1. The Hall–Kier alpha value is -2.13. The van der Waals surface area contributed by atoms with Gasteiger partial charge in [-0.2, -0.15) is 0 Å². The average Bonchev–Trinajstić information content (AvgIpc) is 2.52. The first-order valence-corrected chi connectivity index (χ1v) is 6.93. The summed E-state index contributed by atoms with van der Waals surface area (Å²) in [6.07, 6.45) is 3.35. The van der Waals surface area contributed by atoms with Crippen LogP contribution in [-0.4, -0.2) is 5.91 Å². The summed E-state index contributed by atoms with van der Waals surface area (Å²) in [4.78, 5) is 11.0. The third kappa shape index (κ3) is 4.21. The van der Waals surface area contributed by atoms with Crippen LogP contribution in [0.1, 0.15) is 24.8 Å². The minimum absolute atomic E-state index is 0.0931. The van der Waals surface area contributed by atoms with Crippen LogP contribution in [-0.2, 0) is 11.2 Å². The monoisotopic (exact) mass is 268 g/mol. The second-order valence-electron chi connectivity index (χ2n) is 4.84. The van der Waals surface area contributed by atoms with Crippen LogP contribution in [0.25, 0.3) is 11.1 Å². The lowest BCUT2D eigenvalue weighted by Gasteiger charge is -2.05.